The lowest BCUT2D eigenvalue weighted by Crippen LogP contribution is -2.65. The highest BCUT2D eigenvalue weighted by Gasteiger charge is 2.44. The molecule has 3 aliphatic rings. The highest BCUT2D eigenvalue weighted by molar-refractivity contribution is 5.84. The summed E-state index contributed by atoms with van der Waals surface area (Å²) in [5, 5.41) is 30.1. The van der Waals surface area contributed by atoms with Crippen molar-refractivity contribution in [2.24, 2.45) is 4.99 Å². The van der Waals surface area contributed by atoms with Gasteiger partial charge in [-0.15, -0.1) is 0 Å². The molecule has 28 heavy (non-hydrogen) atoms. The minimum atomic E-state index is -1.26. The SMILES string of the molecule is CC1C=Nc2c(N[C@H]3O[C@@H](C)[C@H](NC(=O)[C@H]4CCCN4)[C@@H](O)[C@@H]3O)ncnc21. The molecular formula is C18H26N6O4. The molecule has 0 aromatic carbocycles. The van der Waals surface area contributed by atoms with Gasteiger partial charge < -0.3 is 30.9 Å². The van der Waals surface area contributed by atoms with E-state index in [4.69, 9.17) is 4.74 Å². The van der Waals surface area contributed by atoms with Crippen LogP contribution in [0.25, 0.3) is 0 Å². The number of hydrogen-bond acceptors (Lipinski definition) is 9. The van der Waals surface area contributed by atoms with Crippen LogP contribution < -0.4 is 16.0 Å². The number of aliphatic imine (C=N–C) groups is 1. The molecule has 1 amide bonds. The van der Waals surface area contributed by atoms with Gasteiger partial charge in [0.05, 0.1) is 23.9 Å². The van der Waals surface area contributed by atoms with E-state index in [-0.39, 0.29) is 17.9 Å². The van der Waals surface area contributed by atoms with Crippen LogP contribution in [0.2, 0.25) is 0 Å². The summed E-state index contributed by atoms with van der Waals surface area (Å²) in [6.07, 6.45) is 1.05. The summed E-state index contributed by atoms with van der Waals surface area (Å²) in [5.41, 5.74) is 1.40. The first kappa shape index (κ1) is 19.2. The van der Waals surface area contributed by atoms with Crippen LogP contribution in [0, 0.1) is 0 Å². The van der Waals surface area contributed by atoms with Gasteiger partial charge in [0.2, 0.25) is 5.91 Å². The molecule has 0 saturated carbocycles. The van der Waals surface area contributed by atoms with E-state index in [9.17, 15) is 15.0 Å². The molecule has 1 unspecified atom stereocenters. The van der Waals surface area contributed by atoms with Crippen molar-refractivity contribution in [2.75, 3.05) is 11.9 Å². The molecule has 3 aliphatic heterocycles. The zero-order valence-electron chi connectivity index (χ0n) is 15.9. The van der Waals surface area contributed by atoms with E-state index in [1.165, 1.54) is 6.33 Å². The average Bonchev–Trinajstić information content (AvgIpc) is 3.34. The maximum atomic E-state index is 12.4. The number of aliphatic hydroxyl groups excluding tert-OH is 2. The molecule has 0 spiro atoms. The van der Waals surface area contributed by atoms with Gasteiger partial charge in [-0.2, -0.15) is 0 Å². The van der Waals surface area contributed by atoms with Crippen LogP contribution >= 0.6 is 0 Å². The van der Waals surface area contributed by atoms with Gasteiger partial charge in [0.1, 0.15) is 24.2 Å². The summed E-state index contributed by atoms with van der Waals surface area (Å²) in [5.74, 6) is 0.336. The maximum Gasteiger partial charge on any atom is 0.237 e. The Bertz CT molecular complexity index is 768. The molecule has 0 bridgehead atoms. The Morgan fingerprint density at radius 2 is 2.11 bits per heavy atom. The number of rotatable bonds is 4. The summed E-state index contributed by atoms with van der Waals surface area (Å²) in [6.45, 7) is 4.54. The van der Waals surface area contributed by atoms with E-state index in [1.807, 2.05) is 6.92 Å². The van der Waals surface area contributed by atoms with Crippen LogP contribution in [-0.2, 0) is 9.53 Å². The summed E-state index contributed by atoms with van der Waals surface area (Å²) >= 11 is 0. The second-order valence-corrected chi connectivity index (χ2v) is 7.59. The minimum Gasteiger partial charge on any atom is -0.388 e. The van der Waals surface area contributed by atoms with Crippen LogP contribution in [0.5, 0.6) is 0 Å². The van der Waals surface area contributed by atoms with Gasteiger partial charge in [0.15, 0.2) is 12.0 Å². The zero-order valence-corrected chi connectivity index (χ0v) is 15.9. The smallest absolute Gasteiger partial charge is 0.237 e. The third-order valence-corrected chi connectivity index (χ3v) is 5.57. The van der Waals surface area contributed by atoms with Gasteiger partial charge in [0, 0.05) is 12.1 Å². The lowest BCUT2D eigenvalue weighted by molar-refractivity contribution is -0.173. The molecule has 5 N–H and O–H groups in total. The quantitative estimate of drug-likeness (QED) is 0.459. The number of nitrogens with zero attached hydrogens (tertiary/aromatic N) is 3. The topological polar surface area (TPSA) is 141 Å². The minimum absolute atomic E-state index is 0.0871. The first-order valence-electron chi connectivity index (χ1n) is 9.66. The number of aliphatic hydroxyl groups is 2. The van der Waals surface area contributed by atoms with Gasteiger partial charge in [-0.3, -0.25) is 9.79 Å². The Morgan fingerprint density at radius 3 is 2.86 bits per heavy atom. The van der Waals surface area contributed by atoms with E-state index < -0.39 is 30.6 Å². The molecule has 0 aliphatic carbocycles. The largest absolute Gasteiger partial charge is 0.388 e. The Labute approximate surface area is 162 Å². The third kappa shape index (κ3) is 3.48. The van der Waals surface area contributed by atoms with E-state index in [2.05, 4.69) is 30.9 Å². The number of hydrogen-bond donors (Lipinski definition) is 5. The lowest BCUT2D eigenvalue weighted by Gasteiger charge is -2.42. The summed E-state index contributed by atoms with van der Waals surface area (Å²) < 4.78 is 5.87. The number of anilines is 1. The molecule has 10 nitrogen and oxygen atoms in total. The van der Waals surface area contributed by atoms with Crippen LogP contribution in [-0.4, -0.2) is 75.5 Å². The van der Waals surface area contributed by atoms with Crippen molar-refractivity contribution in [1.29, 1.82) is 0 Å². The molecule has 2 fully saturated rings. The molecule has 4 rings (SSSR count). The normalized spacial score (nSPS) is 36.9. The highest BCUT2D eigenvalue weighted by Crippen LogP contribution is 2.36. The number of ether oxygens (including phenoxy) is 1. The summed E-state index contributed by atoms with van der Waals surface area (Å²) in [4.78, 5) is 25.1. The van der Waals surface area contributed by atoms with Gasteiger partial charge in [-0.1, -0.05) is 6.92 Å². The molecule has 4 heterocycles. The van der Waals surface area contributed by atoms with E-state index in [0.717, 1.165) is 25.1 Å². The standard InChI is InChI=1S/C18H26N6O4/c1-8-6-20-13-11(8)21-7-22-16(13)24-18-15(26)14(25)12(9(2)28-18)23-17(27)10-4-3-5-19-10/h6-10,12,14-15,18-19,25-26H,3-5H2,1-2H3,(H,23,27)(H,21,22,24)/t8?,9-,10+,12-,14+,15-,18-/m0/s1. The predicted molar refractivity (Wildman–Crippen MR) is 102 cm³/mol. The highest BCUT2D eigenvalue weighted by atomic mass is 16.5. The number of amides is 1. The van der Waals surface area contributed by atoms with Crippen LogP contribution in [0.1, 0.15) is 38.3 Å². The fourth-order valence-corrected chi connectivity index (χ4v) is 3.91. The second-order valence-electron chi connectivity index (χ2n) is 7.59. The van der Waals surface area contributed by atoms with Crippen molar-refractivity contribution < 1.29 is 19.7 Å². The molecule has 10 heteroatoms. The molecule has 0 radical (unpaired) electrons. The van der Waals surface area contributed by atoms with Gasteiger partial charge in [-0.05, 0) is 26.3 Å². The van der Waals surface area contributed by atoms with Crippen molar-refractivity contribution in [1.82, 2.24) is 20.6 Å². The van der Waals surface area contributed by atoms with E-state index in [0.29, 0.717) is 11.5 Å². The van der Waals surface area contributed by atoms with Crippen LogP contribution in [0.4, 0.5) is 11.5 Å². The van der Waals surface area contributed by atoms with Gasteiger partial charge >= 0.3 is 0 Å². The van der Waals surface area contributed by atoms with Gasteiger partial charge in [-0.25, -0.2) is 9.97 Å². The molecule has 152 valence electrons. The second kappa shape index (κ2) is 7.70. The van der Waals surface area contributed by atoms with Crippen molar-refractivity contribution in [3.8, 4) is 0 Å². The number of carbonyl (C=O) groups excluding carboxylic acids is 1. The molecular weight excluding hydrogens is 364 g/mol. The fraction of sp³-hybridized carbons (Fsp3) is 0.667. The molecule has 2 saturated heterocycles. The fourth-order valence-electron chi connectivity index (χ4n) is 3.91. The Morgan fingerprint density at radius 1 is 1.29 bits per heavy atom. The number of carbonyl (C=O) groups is 1. The number of fused-ring (bicyclic) bond motifs is 1. The average molecular weight is 390 g/mol. The first-order chi connectivity index (χ1) is 13.5. The monoisotopic (exact) mass is 390 g/mol. The Kier molecular flexibility index (Phi) is 5.28. The zero-order chi connectivity index (χ0) is 19.8. The molecule has 1 aromatic rings. The summed E-state index contributed by atoms with van der Waals surface area (Å²) in [7, 11) is 0. The van der Waals surface area contributed by atoms with Crippen LogP contribution in [0.15, 0.2) is 11.3 Å². The lowest BCUT2D eigenvalue weighted by atomic mass is 9.95. The first-order valence-corrected chi connectivity index (χ1v) is 9.66. The van der Waals surface area contributed by atoms with Crippen molar-refractivity contribution in [3.63, 3.8) is 0 Å². The van der Waals surface area contributed by atoms with E-state index in [1.54, 1.807) is 13.1 Å². The van der Waals surface area contributed by atoms with Crippen LogP contribution in [0.3, 0.4) is 0 Å². The third-order valence-electron chi connectivity index (χ3n) is 5.57. The Balaban J connectivity index is 1.44. The summed E-state index contributed by atoms with van der Waals surface area (Å²) in [6, 6.07) is -0.979. The maximum absolute atomic E-state index is 12.4. The Hall–Kier alpha value is -2.14. The van der Waals surface area contributed by atoms with E-state index >= 15 is 0 Å². The number of nitrogens with one attached hydrogen (secondary N) is 3. The predicted octanol–water partition coefficient (Wildman–Crippen LogP) is -0.589. The molecule has 1 aromatic heterocycles. The van der Waals surface area contributed by atoms with Gasteiger partial charge in [0.25, 0.3) is 0 Å². The number of aromatic nitrogens is 2. The van der Waals surface area contributed by atoms with Crippen molar-refractivity contribution in [3.05, 3.63) is 12.0 Å². The molecule has 7 atom stereocenters. The van der Waals surface area contributed by atoms with Crippen molar-refractivity contribution in [2.45, 2.75) is 69.2 Å². The van der Waals surface area contributed by atoms with Crippen molar-refractivity contribution >= 4 is 23.6 Å².